The minimum atomic E-state index is -3.46. The lowest BCUT2D eigenvalue weighted by atomic mass is 10.0. The standard InChI is InChI=1S/C29H26F2N8O2S/c1-39(2)15-17-7-19(14-32-12-17)22-10-23-25(11-24(22)31)37-38-27(23)29-35-26-21(4-5-33-28(26)36-29)18-6-16(8-20(30)9-18)13-34-42(3,40)41/h4-12,14,34H,13,15H2,1-3H3,(H,37,38)(H,33,35,36). The van der Waals surface area contributed by atoms with Crippen molar-refractivity contribution >= 4 is 32.1 Å². The zero-order valence-electron chi connectivity index (χ0n) is 22.9. The lowest BCUT2D eigenvalue weighted by Gasteiger charge is -2.11. The van der Waals surface area contributed by atoms with Crippen LogP contribution in [0.25, 0.3) is 55.8 Å². The summed E-state index contributed by atoms with van der Waals surface area (Å²) >= 11 is 0. The van der Waals surface area contributed by atoms with Gasteiger partial charge >= 0.3 is 0 Å². The molecule has 0 aliphatic heterocycles. The van der Waals surface area contributed by atoms with Gasteiger partial charge in [0, 0.05) is 59.8 Å². The number of fused-ring (bicyclic) bond motifs is 2. The van der Waals surface area contributed by atoms with Crippen LogP contribution in [0, 0.1) is 11.6 Å². The van der Waals surface area contributed by atoms with Gasteiger partial charge in [-0.25, -0.2) is 31.9 Å². The second kappa shape index (κ2) is 10.7. The molecule has 13 heteroatoms. The van der Waals surface area contributed by atoms with Crippen LogP contribution in [0.4, 0.5) is 8.78 Å². The van der Waals surface area contributed by atoms with Gasteiger partial charge in [0.25, 0.3) is 0 Å². The number of imidazole rings is 1. The van der Waals surface area contributed by atoms with Crippen LogP contribution in [-0.4, -0.2) is 63.8 Å². The number of benzene rings is 2. The number of aromatic nitrogens is 6. The zero-order chi connectivity index (χ0) is 29.6. The Hall–Kier alpha value is -4.59. The number of pyridine rings is 2. The van der Waals surface area contributed by atoms with E-state index in [4.69, 9.17) is 4.98 Å². The van der Waals surface area contributed by atoms with E-state index in [9.17, 15) is 12.8 Å². The summed E-state index contributed by atoms with van der Waals surface area (Å²) in [6.45, 7) is 0.604. The molecule has 4 aromatic heterocycles. The van der Waals surface area contributed by atoms with Crippen LogP contribution >= 0.6 is 0 Å². The molecule has 0 saturated heterocycles. The van der Waals surface area contributed by atoms with Gasteiger partial charge in [0.1, 0.15) is 22.8 Å². The molecule has 0 bridgehead atoms. The molecule has 10 nitrogen and oxygen atoms in total. The topological polar surface area (TPSA) is 133 Å². The number of nitrogens with zero attached hydrogens (tertiary/aromatic N) is 5. The van der Waals surface area contributed by atoms with Crippen LogP contribution in [0.5, 0.6) is 0 Å². The first-order valence-corrected chi connectivity index (χ1v) is 14.8. The molecule has 0 fully saturated rings. The number of aromatic amines is 2. The van der Waals surface area contributed by atoms with Crippen LogP contribution in [0.2, 0.25) is 0 Å². The van der Waals surface area contributed by atoms with Crippen LogP contribution in [-0.2, 0) is 23.1 Å². The van der Waals surface area contributed by atoms with Crippen molar-refractivity contribution in [1.82, 2.24) is 39.8 Å². The fourth-order valence-corrected chi connectivity index (χ4v) is 5.33. The SMILES string of the molecule is CN(C)Cc1cncc(-c2cc3c(-c4nc5c(-c6cc(F)cc(CNS(C)(=O)=O)c6)ccnc5[nH]4)n[nH]c3cc2F)c1. The Bertz CT molecular complexity index is 2070. The normalized spacial score (nSPS) is 12.1. The predicted octanol–water partition coefficient (Wildman–Crippen LogP) is 4.62. The number of hydrogen-bond acceptors (Lipinski definition) is 7. The Kier molecular flexibility index (Phi) is 7.01. The maximum Gasteiger partial charge on any atom is 0.209 e. The molecule has 6 aromatic rings. The van der Waals surface area contributed by atoms with Crippen LogP contribution < -0.4 is 4.72 Å². The summed E-state index contributed by atoms with van der Waals surface area (Å²) in [4.78, 5) is 18.6. The Morgan fingerprint density at radius 2 is 1.79 bits per heavy atom. The van der Waals surface area contributed by atoms with Gasteiger partial charge in [-0.2, -0.15) is 5.10 Å². The first-order chi connectivity index (χ1) is 20.0. The monoisotopic (exact) mass is 588 g/mol. The lowest BCUT2D eigenvalue weighted by Crippen LogP contribution is -2.21. The van der Waals surface area contributed by atoms with Crippen LogP contribution in [0.3, 0.4) is 0 Å². The number of H-pyrrole nitrogens is 2. The van der Waals surface area contributed by atoms with Crippen molar-refractivity contribution in [2.75, 3.05) is 20.4 Å². The van der Waals surface area contributed by atoms with E-state index in [0.717, 1.165) is 11.8 Å². The Morgan fingerprint density at radius 1 is 0.976 bits per heavy atom. The van der Waals surface area contributed by atoms with E-state index in [1.165, 1.54) is 18.2 Å². The van der Waals surface area contributed by atoms with Gasteiger partial charge in [0.15, 0.2) is 11.5 Å². The van der Waals surface area contributed by atoms with E-state index in [1.807, 2.05) is 25.1 Å². The number of sulfonamides is 1. The molecule has 0 unspecified atom stereocenters. The summed E-state index contributed by atoms with van der Waals surface area (Å²) in [5.41, 5.74) is 5.40. The van der Waals surface area contributed by atoms with Crippen molar-refractivity contribution in [1.29, 1.82) is 0 Å². The van der Waals surface area contributed by atoms with Gasteiger partial charge in [-0.3, -0.25) is 10.1 Å². The minimum Gasteiger partial charge on any atom is -0.321 e. The summed E-state index contributed by atoms with van der Waals surface area (Å²) in [6, 6.07) is 11.0. The fraction of sp³-hybridized carbons (Fsp3) is 0.172. The number of nitrogens with one attached hydrogen (secondary N) is 3. The quantitative estimate of drug-likeness (QED) is 0.236. The Balaban J connectivity index is 1.42. The van der Waals surface area contributed by atoms with Crippen molar-refractivity contribution in [3.8, 4) is 33.8 Å². The van der Waals surface area contributed by atoms with Crippen LogP contribution in [0.15, 0.2) is 61.1 Å². The maximum absolute atomic E-state index is 15.2. The second-order valence-corrected chi connectivity index (χ2v) is 12.2. The molecule has 4 heterocycles. The van der Waals surface area contributed by atoms with E-state index in [-0.39, 0.29) is 6.54 Å². The van der Waals surface area contributed by atoms with Gasteiger partial charge in [-0.05, 0) is 67.2 Å². The summed E-state index contributed by atoms with van der Waals surface area (Å²) < 4.78 is 55.2. The maximum atomic E-state index is 15.2. The molecule has 0 amide bonds. The lowest BCUT2D eigenvalue weighted by molar-refractivity contribution is 0.402. The smallest absolute Gasteiger partial charge is 0.209 e. The van der Waals surface area contributed by atoms with Crippen molar-refractivity contribution in [2.45, 2.75) is 13.1 Å². The third-order valence-electron chi connectivity index (χ3n) is 6.67. The molecule has 42 heavy (non-hydrogen) atoms. The van der Waals surface area contributed by atoms with Crippen molar-refractivity contribution in [3.63, 3.8) is 0 Å². The second-order valence-electron chi connectivity index (χ2n) is 10.4. The highest BCUT2D eigenvalue weighted by atomic mass is 32.2. The molecule has 0 saturated carbocycles. The molecule has 2 aromatic carbocycles. The third-order valence-corrected chi connectivity index (χ3v) is 7.34. The Morgan fingerprint density at radius 3 is 2.57 bits per heavy atom. The van der Waals surface area contributed by atoms with Gasteiger partial charge in [-0.1, -0.05) is 0 Å². The highest BCUT2D eigenvalue weighted by molar-refractivity contribution is 7.88. The minimum absolute atomic E-state index is 0.0602. The molecular formula is C29H26F2N8O2S. The molecule has 0 radical (unpaired) electrons. The largest absolute Gasteiger partial charge is 0.321 e. The third kappa shape index (κ3) is 5.62. The van der Waals surface area contributed by atoms with E-state index >= 15 is 4.39 Å². The first kappa shape index (κ1) is 27.6. The van der Waals surface area contributed by atoms with Crippen molar-refractivity contribution in [2.24, 2.45) is 0 Å². The molecular weight excluding hydrogens is 562 g/mol. The zero-order valence-corrected chi connectivity index (χ0v) is 23.7. The Labute approximate surface area is 239 Å². The predicted molar refractivity (Wildman–Crippen MR) is 157 cm³/mol. The number of rotatable bonds is 8. The van der Waals surface area contributed by atoms with E-state index in [1.54, 1.807) is 36.8 Å². The summed E-state index contributed by atoms with van der Waals surface area (Å²) in [6.07, 6.45) is 5.99. The fourth-order valence-electron chi connectivity index (χ4n) is 4.90. The van der Waals surface area contributed by atoms with E-state index in [0.29, 0.717) is 67.9 Å². The van der Waals surface area contributed by atoms with Gasteiger partial charge < -0.3 is 9.88 Å². The van der Waals surface area contributed by atoms with Gasteiger partial charge in [0.2, 0.25) is 10.0 Å². The molecule has 0 atom stereocenters. The highest BCUT2D eigenvalue weighted by Gasteiger charge is 2.19. The summed E-state index contributed by atoms with van der Waals surface area (Å²) in [5.74, 6) is -0.540. The average molecular weight is 589 g/mol. The summed E-state index contributed by atoms with van der Waals surface area (Å²) in [7, 11) is 0.449. The first-order valence-electron chi connectivity index (χ1n) is 12.9. The van der Waals surface area contributed by atoms with Gasteiger partial charge in [0.05, 0.1) is 11.8 Å². The van der Waals surface area contributed by atoms with E-state index in [2.05, 4.69) is 29.9 Å². The van der Waals surface area contributed by atoms with Gasteiger partial charge in [-0.15, -0.1) is 0 Å². The molecule has 6 rings (SSSR count). The molecule has 214 valence electrons. The van der Waals surface area contributed by atoms with Crippen molar-refractivity contribution < 1.29 is 17.2 Å². The molecule has 0 spiro atoms. The molecule has 0 aliphatic rings. The summed E-state index contributed by atoms with van der Waals surface area (Å²) in [5, 5.41) is 7.93. The number of halogens is 2. The number of hydrogen-bond donors (Lipinski definition) is 3. The van der Waals surface area contributed by atoms with Crippen LogP contribution in [0.1, 0.15) is 11.1 Å². The molecule has 0 aliphatic carbocycles. The molecule has 3 N–H and O–H groups in total. The van der Waals surface area contributed by atoms with E-state index < -0.39 is 21.7 Å². The average Bonchev–Trinajstić information content (AvgIpc) is 3.54. The highest BCUT2D eigenvalue weighted by Crippen LogP contribution is 2.34. The van der Waals surface area contributed by atoms with Crippen molar-refractivity contribution in [3.05, 3.63) is 83.8 Å².